The maximum Gasteiger partial charge on any atom is 0.236 e. The Morgan fingerprint density at radius 2 is 1.96 bits per heavy atom. The van der Waals surface area contributed by atoms with Crippen LogP contribution in [0.4, 0.5) is 15.8 Å². The van der Waals surface area contributed by atoms with E-state index in [0.29, 0.717) is 22.7 Å². The van der Waals surface area contributed by atoms with Crippen molar-refractivity contribution in [1.82, 2.24) is 0 Å². The largest absolute Gasteiger partial charge is 0.490 e. The van der Waals surface area contributed by atoms with Crippen LogP contribution in [0.25, 0.3) is 0 Å². The molecule has 0 atom stereocenters. The molecule has 1 aliphatic rings. The maximum atomic E-state index is 13.3. The molecule has 0 unspecified atom stereocenters. The topological polar surface area (TPSA) is 75.7 Å². The first-order valence-electron chi connectivity index (χ1n) is 8.37. The van der Waals surface area contributed by atoms with E-state index in [1.165, 1.54) is 23.1 Å². The summed E-state index contributed by atoms with van der Waals surface area (Å²) >= 11 is 0. The number of ether oxygens (including phenoxy) is 1. The number of halogens is 1. The summed E-state index contributed by atoms with van der Waals surface area (Å²) in [6, 6.07) is 10.2. The Hall–Kier alpha value is -2.61. The number of hydrogen-bond acceptors (Lipinski definition) is 4. The minimum absolute atomic E-state index is 0.124. The number of anilines is 2. The van der Waals surface area contributed by atoms with E-state index in [4.69, 9.17) is 4.74 Å². The van der Waals surface area contributed by atoms with Crippen LogP contribution in [0.3, 0.4) is 0 Å². The van der Waals surface area contributed by atoms with Gasteiger partial charge in [-0.05, 0) is 49.7 Å². The number of amides is 1. The van der Waals surface area contributed by atoms with Gasteiger partial charge in [0.2, 0.25) is 15.9 Å². The zero-order chi connectivity index (χ0) is 19.8. The summed E-state index contributed by atoms with van der Waals surface area (Å²) < 4.78 is 46.3. The second-order valence-corrected chi connectivity index (χ2v) is 8.93. The summed E-state index contributed by atoms with van der Waals surface area (Å²) in [7, 11) is -2.13. The number of rotatable bonds is 4. The predicted octanol–water partition coefficient (Wildman–Crippen LogP) is 3.15. The van der Waals surface area contributed by atoms with E-state index in [-0.39, 0.29) is 18.3 Å². The van der Waals surface area contributed by atoms with Gasteiger partial charge in [-0.3, -0.25) is 9.52 Å². The van der Waals surface area contributed by atoms with Gasteiger partial charge in [0.05, 0.1) is 22.5 Å². The van der Waals surface area contributed by atoms with E-state index < -0.39 is 21.3 Å². The molecule has 2 aromatic carbocycles. The average molecular weight is 392 g/mol. The highest BCUT2D eigenvalue weighted by Gasteiger charge is 2.36. The quantitative estimate of drug-likeness (QED) is 0.867. The third-order valence-electron chi connectivity index (χ3n) is 4.31. The normalized spacial score (nSPS) is 16.3. The Morgan fingerprint density at radius 1 is 1.22 bits per heavy atom. The third-order valence-corrected chi connectivity index (χ3v) is 5.57. The van der Waals surface area contributed by atoms with E-state index in [9.17, 15) is 17.6 Å². The lowest BCUT2D eigenvalue weighted by Gasteiger charge is -2.24. The van der Waals surface area contributed by atoms with Crippen molar-refractivity contribution in [2.75, 3.05) is 23.3 Å². The van der Waals surface area contributed by atoms with Crippen LogP contribution in [-0.4, -0.2) is 28.0 Å². The van der Waals surface area contributed by atoms with Gasteiger partial charge in [0.25, 0.3) is 0 Å². The molecule has 1 heterocycles. The number of nitrogens with one attached hydrogen (secondary N) is 1. The van der Waals surface area contributed by atoms with Crippen LogP contribution < -0.4 is 14.4 Å². The molecular weight excluding hydrogens is 371 g/mol. The molecule has 0 saturated heterocycles. The molecule has 0 aromatic heterocycles. The SMILES string of the molecule is CN1C(=O)C(C)(C)COc2ccc(NS(=O)(=O)Cc3cccc(F)c3)cc21. The fraction of sp³-hybridized carbons (Fsp3) is 0.316. The van der Waals surface area contributed by atoms with Crippen molar-refractivity contribution >= 4 is 27.3 Å². The Balaban J connectivity index is 1.85. The van der Waals surface area contributed by atoms with Crippen LogP contribution in [0.5, 0.6) is 5.75 Å². The molecule has 2 aromatic rings. The molecule has 0 bridgehead atoms. The predicted molar refractivity (Wildman–Crippen MR) is 102 cm³/mol. The van der Waals surface area contributed by atoms with Gasteiger partial charge in [0.1, 0.15) is 18.2 Å². The first-order valence-corrected chi connectivity index (χ1v) is 10.0. The molecule has 6 nitrogen and oxygen atoms in total. The van der Waals surface area contributed by atoms with Crippen molar-refractivity contribution in [2.24, 2.45) is 5.41 Å². The number of benzene rings is 2. The average Bonchev–Trinajstić information content (AvgIpc) is 2.65. The molecule has 27 heavy (non-hydrogen) atoms. The standard InChI is InChI=1S/C19H21FN2O4S/c1-19(2)12-26-17-8-7-15(10-16(17)22(3)18(19)23)21-27(24,25)11-13-5-4-6-14(20)9-13/h4-10,21H,11-12H2,1-3H3. The zero-order valence-corrected chi connectivity index (χ0v) is 16.1. The molecule has 0 fully saturated rings. The molecule has 1 N–H and O–H groups in total. The zero-order valence-electron chi connectivity index (χ0n) is 15.3. The fourth-order valence-electron chi connectivity index (χ4n) is 2.91. The Kier molecular flexibility index (Phi) is 4.86. The fourth-order valence-corrected chi connectivity index (χ4v) is 4.09. The highest BCUT2D eigenvalue weighted by Crippen LogP contribution is 2.37. The smallest absolute Gasteiger partial charge is 0.236 e. The van der Waals surface area contributed by atoms with Gasteiger partial charge in [-0.15, -0.1) is 0 Å². The van der Waals surface area contributed by atoms with E-state index in [2.05, 4.69) is 4.72 Å². The van der Waals surface area contributed by atoms with Crippen LogP contribution in [0, 0.1) is 11.2 Å². The van der Waals surface area contributed by atoms with Crippen molar-refractivity contribution in [3.05, 3.63) is 53.8 Å². The van der Waals surface area contributed by atoms with Crippen molar-refractivity contribution in [3.8, 4) is 5.75 Å². The highest BCUT2D eigenvalue weighted by atomic mass is 32.2. The molecule has 1 aliphatic heterocycles. The van der Waals surface area contributed by atoms with E-state index in [0.717, 1.165) is 0 Å². The Morgan fingerprint density at radius 3 is 2.67 bits per heavy atom. The molecule has 144 valence electrons. The minimum Gasteiger partial charge on any atom is -0.490 e. The van der Waals surface area contributed by atoms with Crippen molar-refractivity contribution < 1.29 is 22.3 Å². The maximum absolute atomic E-state index is 13.3. The molecule has 0 spiro atoms. The van der Waals surface area contributed by atoms with Crippen LogP contribution in [0.2, 0.25) is 0 Å². The number of fused-ring (bicyclic) bond motifs is 1. The Labute approximate surface area is 158 Å². The molecule has 3 rings (SSSR count). The van der Waals surface area contributed by atoms with Crippen molar-refractivity contribution in [2.45, 2.75) is 19.6 Å². The third kappa shape index (κ3) is 4.21. The summed E-state index contributed by atoms with van der Waals surface area (Å²) in [5.41, 5.74) is 0.435. The number of hydrogen-bond donors (Lipinski definition) is 1. The monoisotopic (exact) mass is 392 g/mol. The first kappa shape index (κ1) is 19.2. The molecule has 0 radical (unpaired) electrons. The van der Waals surface area contributed by atoms with Gasteiger partial charge < -0.3 is 9.64 Å². The summed E-state index contributed by atoms with van der Waals surface area (Å²) in [6.45, 7) is 3.81. The van der Waals surface area contributed by atoms with Crippen molar-refractivity contribution in [1.29, 1.82) is 0 Å². The van der Waals surface area contributed by atoms with Crippen LogP contribution in [-0.2, 0) is 20.6 Å². The number of nitrogens with zero attached hydrogens (tertiary/aromatic N) is 1. The first-order chi connectivity index (χ1) is 12.6. The Bertz CT molecular complexity index is 989. The van der Waals surface area contributed by atoms with Crippen LogP contribution >= 0.6 is 0 Å². The minimum atomic E-state index is -3.75. The van der Waals surface area contributed by atoms with Crippen molar-refractivity contribution in [3.63, 3.8) is 0 Å². The summed E-state index contributed by atoms with van der Waals surface area (Å²) in [5.74, 6) is -0.474. The highest BCUT2D eigenvalue weighted by molar-refractivity contribution is 7.91. The van der Waals surface area contributed by atoms with Gasteiger partial charge in [-0.1, -0.05) is 12.1 Å². The summed E-state index contributed by atoms with van der Waals surface area (Å²) in [6.07, 6.45) is 0. The molecule has 0 aliphatic carbocycles. The lowest BCUT2D eigenvalue weighted by molar-refractivity contribution is -0.127. The lowest BCUT2D eigenvalue weighted by Crippen LogP contribution is -2.39. The summed E-state index contributed by atoms with van der Waals surface area (Å²) in [4.78, 5) is 14.0. The van der Waals surface area contributed by atoms with Gasteiger partial charge in [-0.25, -0.2) is 12.8 Å². The van der Waals surface area contributed by atoms with Crippen LogP contribution in [0.1, 0.15) is 19.4 Å². The van der Waals surface area contributed by atoms with Crippen LogP contribution in [0.15, 0.2) is 42.5 Å². The molecular formula is C19H21FN2O4S. The molecule has 8 heteroatoms. The second kappa shape index (κ2) is 6.84. The van der Waals surface area contributed by atoms with E-state index >= 15 is 0 Å². The molecule has 1 amide bonds. The number of carbonyl (C=O) groups is 1. The van der Waals surface area contributed by atoms with E-state index in [1.807, 2.05) is 0 Å². The summed E-state index contributed by atoms with van der Waals surface area (Å²) in [5, 5.41) is 0. The molecule has 0 saturated carbocycles. The van der Waals surface area contributed by atoms with Gasteiger partial charge in [0, 0.05) is 7.05 Å². The lowest BCUT2D eigenvalue weighted by atomic mass is 9.93. The van der Waals surface area contributed by atoms with Gasteiger partial charge in [0.15, 0.2) is 0 Å². The van der Waals surface area contributed by atoms with Gasteiger partial charge >= 0.3 is 0 Å². The number of sulfonamides is 1. The second-order valence-electron chi connectivity index (χ2n) is 7.21. The number of carbonyl (C=O) groups excluding carboxylic acids is 1. The van der Waals surface area contributed by atoms with E-state index in [1.54, 1.807) is 45.2 Å². The van der Waals surface area contributed by atoms with Gasteiger partial charge in [-0.2, -0.15) is 0 Å².